The van der Waals surface area contributed by atoms with Gasteiger partial charge in [0, 0.05) is 6.42 Å². The van der Waals surface area contributed by atoms with E-state index in [1.54, 1.807) is 12.1 Å². The van der Waals surface area contributed by atoms with E-state index in [1.165, 1.54) is 11.0 Å². The van der Waals surface area contributed by atoms with Crippen LogP contribution in [0.1, 0.15) is 31.2 Å². The van der Waals surface area contributed by atoms with E-state index in [0.29, 0.717) is 35.5 Å². The molecule has 0 aromatic heterocycles. The third-order valence-corrected chi connectivity index (χ3v) is 4.39. The Bertz CT molecular complexity index is 599. The lowest BCUT2D eigenvalue weighted by Gasteiger charge is -2.17. The van der Waals surface area contributed by atoms with Crippen LogP contribution in [0.4, 0.5) is 14.9 Å². The van der Waals surface area contributed by atoms with E-state index in [9.17, 15) is 14.0 Å². The summed E-state index contributed by atoms with van der Waals surface area (Å²) in [6.45, 7) is 1.94. The summed E-state index contributed by atoms with van der Waals surface area (Å²) in [4.78, 5) is 24.0. The van der Waals surface area contributed by atoms with Crippen LogP contribution >= 0.6 is 0 Å². The number of hydrogen-bond donors (Lipinski definition) is 2. The number of cyclic esters (lactones) is 1. The van der Waals surface area contributed by atoms with E-state index in [0.717, 1.165) is 6.42 Å². The van der Waals surface area contributed by atoms with E-state index >= 15 is 0 Å². The summed E-state index contributed by atoms with van der Waals surface area (Å²) >= 11 is 0.295. The van der Waals surface area contributed by atoms with Gasteiger partial charge in [-0.3, -0.25) is 9.69 Å². The number of thiol groups is 1. The van der Waals surface area contributed by atoms with E-state index in [2.05, 4.69) is 0 Å². The summed E-state index contributed by atoms with van der Waals surface area (Å²) in [7, 11) is 0. The minimum atomic E-state index is -1.02. The molecule has 3 N–H and O–H groups in total. The lowest BCUT2D eigenvalue weighted by Crippen LogP contribution is -2.32. The number of halogens is 1. The molecule has 1 heterocycles. The fraction of sp³-hybridized carbons (Fsp3) is 0.467. The molecule has 0 aliphatic carbocycles. The number of amides is 2. The summed E-state index contributed by atoms with van der Waals surface area (Å²) in [6, 6.07) is 4.53. The van der Waals surface area contributed by atoms with Crippen molar-refractivity contribution in [1.29, 1.82) is 0 Å². The van der Waals surface area contributed by atoms with Gasteiger partial charge in [0.05, 0.1) is 12.2 Å². The van der Waals surface area contributed by atoms with Crippen LogP contribution in [0.3, 0.4) is 0 Å². The molecule has 23 heavy (non-hydrogen) atoms. The van der Waals surface area contributed by atoms with Crippen LogP contribution in [0.2, 0.25) is 0 Å². The van der Waals surface area contributed by atoms with Gasteiger partial charge in [-0.05, 0) is 30.0 Å². The monoisotopic (exact) mass is 343 g/mol. The Balaban J connectivity index is 2.19. The molecule has 1 unspecified atom stereocenters. The fourth-order valence-corrected chi connectivity index (χ4v) is 3.06. The topological polar surface area (TPSA) is 92.9 Å². The quantitative estimate of drug-likeness (QED) is 0.583. The number of anilines is 1. The normalized spacial score (nSPS) is 18.8. The Morgan fingerprint density at radius 3 is 2.87 bits per heavy atom. The van der Waals surface area contributed by atoms with Crippen molar-refractivity contribution in [3.63, 3.8) is 0 Å². The first kappa shape index (κ1) is 17.6. The molecule has 2 atom stereocenters. The van der Waals surface area contributed by atoms with Gasteiger partial charge in [-0.15, -0.1) is 0 Å². The van der Waals surface area contributed by atoms with E-state index in [1.807, 2.05) is 6.92 Å². The molecule has 0 radical (unpaired) electrons. The van der Waals surface area contributed by atoms with Gasteiger partial charge in [0.15, 0.2) is 6.10 Å². The Morgan fingerprint density at radius 1 is 1.61 bits per heavy atom. The minimum Gasteiger partial charge on any atom is -0.434 e. The van der Waals surface area contributed by atoms with Gasteiger partial charge < -0.3 is 10.5 Å². The van der Waals surface area contributed by atoms with Crippen LogP contribution in [-0.2, 0) is 21.6 Å². The highest BCUT2D eigenvalue weighted by Crippen LogP contribution is 2.30. The Kier molecular flexibility index (Phi) is 5.84. The number of carbonyl (C=O) groups excluding carboxylic acids is 2. The summed E-state index contributed by atoms with van der Waals surface area (Å²) < 4.78 is 28.2. The van der Waals surface area contributed by atoms with Gasteiger partial charge in [-0.2, -0.15) is 4.55 Å². The van der Waals surface area contributed by atoms with Crippen molar-refractivity contribution >= 4 is 29.7 Å². The molecule has 1 aromatic rings. The van der Waals surface area contributed by atoms with Gasteiger partial charge in [-0.1, -0.05) is 13.0 Å². The van der Waals surface area contributed by atoms with E-state index < -0.39 is 23.9 Å². The van der Waals surface area contributed by atoms with Gasteiger partial charge in [0.1, 0.15) is 23.6 Å². The van der Waals surface area contributed by atoms with Crippen LogP contribution in [0.5, 0.6) is 0 Å². The van der Waals surface area contributed by atoms with Crippen LogP contribution in [0, 0.1) is 5.82 Å². The first-order valence-corrected chi connectivity index (χ1v) is 8.39. The molecule has 8 heteroatoms. The van der Waals surface area contributed by atoms with E-state index in [-0.39, 0.29) is 12.5 Å². The predicted molar refractivity (Wildman–Crippen MR) is 87.1 cm³/mol. The second-order valence-electron chi connectivity index (χ2n) is 5.35. The Labute approximate surface area is 138 Å². The molecule has 2 amide bonds. The third kappa shape index (κ3) is 3.94. The second kappa shape index (κ2) is 7.65. The molecule has 126 valence electrons. The summed E-state index contributed by atoms with van der Waals surface area (Å²) in [5, 5.41) is 0. The molecule has 1 fully saturated rings. The van der Waals surface area contributed by atoms with Crippen LogP contribution in [-0.4, -0.2) is 35.0 Å². The Morgan fingerprint density at radius 2 is 2.35 bits per heavy atom. The largest absolute Gasteiger partial charge is 0.434 e. The standard InChI is InChI=1S/C15H19FN2O4S/c1-2-9(5-6-23-21)11-4-3-10(7-12(11)16)18-8-13(14(17)19)22-15(18)20/h3-4,7,9,13,21H,2,5-6,8H2,1H3,(H2,17,19)/p+1/t9?,13-/m1/s1. The number of benzene rings is 1. The molecule has 1 aromatic carbocycles. The number of ether oxygens (including phenoxy) is 1. The molecule has 2 rings (SSSR count). The first-order valence-electron chi connectivity index (χ1n) is 7.35. The van der Waals surface area contributed by atoms with Crippen molar-refractivity contribution in [2.75, 3.05) is 17.2 Å². The second-order valence-corrected chi connectivity index (χ2v) is 6.08. The van der Waals surface area contributed by atoms with Gasteiger partial charge in [-0.25, -0.2) is 9.18 Å². The maximum absolute atomic E-state index is 14.4. The third-order valence-electron chi connectivity index (χ3n) is 3.94. The van der Waals surface area contributed by atoms with Crippen molar-refractivity contribution in [2.24, 2.45) is 5.73 Å². The van der Waals surface area contributed by atoms with Crippen molar-refractivity contribution in [1.82, 2.24) is 0 Å². The summed E-state index contributed by atoms with van der Waals surface area (Å²) in [5.74, 6) is -0.558. The molecule has 1 aliphatic heterocycles. The van der Waals surface area contributed by atoms with Crippen LogP contribution in [0.15, 0.2) is 18.2 Å². The average Bonchev–Trinajstić information content (AvgIpc) is 2.91. The lowest BCUT2D eigenvalue weighted by atomic mass is 9.93. The average molecular weight is 343 g/mol. The maximum atomic E-state index is 14.4. The van der Waals surface area contributed by atoms with Crippen molar-refractivity contribution in [3.8, 4) is 0 Å². The van der Waals surface area contributed by atoms with Crippen molar-refractivity contribution in [3.05, 3.63) is 29.6 Å². The zero-order valence-electron chi connectivity index (χ0n) is 12.7. The fourth-order valence-electron chi connectivity index (χ4n) is 2.63. The molecule has 1 saturated heterocycles. The molecule has 1 aliphatic rings. The Hall–Kier alpha value is -1.80. The maximum Gasteiger partial charge on any atom is 0.415 e. The number of nitrogens with zero attached hydrogens (tertiary/aromatic N) is 1. The zero-order valence-corrected chi connectivity index (χ0v) is 13.6. The highest BCUT2D eigenvalue weighted by molar-refractivity contribution is 7.72. The molecule has 6 nitrogen and oxygen atoms in total. The first-order chi connectivity index (χ1) is 11.0. The van der Waals surface area contributed by atoms with Crippen LogP contribution < -0.4 is 10.6 Å². The number of carbonyl (C=O) groups is 2. The highest BCUT2D eigenvalue weighted by Gasteiger charge is 2.36. The summed E-state index contributed by atoms with van der Waals surface area (Å²) in [5.41, 5.74) is 6.00. The van der Waals surface area contributed by atoms with Crippen LogP contribution in [0.25, 0.3) is 0 Å². The SMILES string of the molecule is CCC(CC[SH+]O)c1ccc(N2C[C@H](C(N)=O)OC2=O)cc1F. The molecular formula is C15H20FN2O4S+. The van der Waals surface area contributed by atoms with Crippen molar-refractivity contribution < 1.29 is 23.3 Å². The van der Waals surface area contributed by atoms with Gasteiger partial charge >= 0.3 is 6.09 Å². The number of nitrogens with two attached hydrogens (primary N) is 1. The van der Waals surface area contributed by atoms with Crippen molar-refractivity contribution in [2.45, 2.75) is 31.8 Å². The predicted octanol–water partition coefficient (Wildman–Crippen LogP) is 1.81. The molecule has 0 saturated carbocycles. The van der Waals surface area contributed by atoms with Gasteiger partial charge in [0.25, 0.3) is 5.91 Å². The smallest absolute Gasteiger partial charge is 0.415 e. The highest BCUT2D eigenvalue weighted by atomic mass is 32.2. The zero-order chi connectivity index (χ0) is 17.0. The number of rotatable bonds is 7. The number of hydrogen-bond acceptors (Lipinski definition) is 4. The summed E-state index contributed by atoms with van der Waals surface area (Å²) in [6.07, 6.45) is -0.300. The molecule has 0 bridgehead atoms. The molecule has 0 spiro atoms. The van der Waals surface area contributed by atoms with E-state index in [4.69, 9.17) is 15.0 Å². The number of primary amides is 1. The molecular weight excluding hydrogens is 323 g/mol. The minimum absolute atomic E-state index is 0.00703. The van der Waals surface area contributed by atoms with Gasteiger partial charge in [0.2, 0.25) is 0 Å². The lowest BCUT2D eigenvalue weighted by molar-refractivity contribution is -0.124.